The molecule has 96 valence electrons. The fraction of sp³-hybridized carbons (Fsp3) is 0.455. The van der Waals surface area contributed by atoms with Gasteiger partial charge in [0.2, 0.25) is 0 Å². The van der Waals surface area contributed by atoms with Crippen LogP contribution in [-0.4, -0.2) is 24.4 Å². The van der Waals surface area contributed by atoms with E-state index in [2.05, 4.69) is 0 Å². The number of aliphatic hydroxyl groups excluding tert-OH is 1. The molecule has 1 atom stereocenters. The van der Waals surface area contributed by atoms with E-state index in [-0.39, 0.29) is 25.3 Å². The summed E-state index contributed by atoms with van der Waals surface area (Å²) in [6, 6.07) is 4.58. The molecule has 0 amide bonds. The van der Waals surface area contributed by atoms with Crippen molar-refractivity contribution in [3.8, 4) is 5.75 Å². The van der Waals surface area contributed by atoms with Crippen molar-refractivity contribution in [3.05, 3.63) is 29.8 Å². The van der Waals surface area contributed by atoms with Crippen LogP contribution in [0.2, 0.25) is 0 Å². The normalized spacial score (nSPS) is 13.5. The zero-order chi connectivity index (χ0) is 12.9. The molecule has 0 heterocycles. The SMILES string of the molecule is NCC(CCO)Oc1cccc(C(F)(F)F)c1. The topological polar surface area (TPSA) is 55.5 Å². The number of aliphatic hydroxyl groups is 1. The minimum Gasteiger partial charge on any atom is -0.489 e. The summed E-state index contributed by atoms with van der Waals surface area (Å²) in [7, 11) is 0. The molecule has 0 fully saturated rings. The lowest BCUT2D eigenvalue weighted by Gasteiger charge is -2.17. The summed E-state index contributed by atoms with van der Waals surface area (Å²) in [4.78, 5) is 0. The molecular weight excluding hydrogens is 235 g/mol. The number of halogens is 3. The van der Waals surface area contributed by atoms with Crippen LogP contribution in [0, 0.1) is 0 Å². The molecule has 0 aliphatic carbocycles. The first-order valence-corrected chi connectivity index (χ1v) is 5.12. The second-order valence-corrected chi connectivity index (χ2v) is 3.51. The second kappa shape index (κ2) is 5.88. The number of nitrogens with two attached hydrogens (primary N) is 1. The first-order valence-electron chi connectivity index (χ1n) is 5.12. The highest BCUT2D eigenvalue weighted by Crippen LogP contribution is 2.31. The molecule has 0 aromatic heterocycles. The Hall–Kier alpha value is -1.27. The minimum absolute atomic E-state index is 0.101. The van der Waals surface area contributed by atoms with Gasteiger partial charge < -0.3 is 15.6 Å². The number of ether oxygens (including phenoxy) is 1. The van der Waals surface area contributed by atoms with Crippen LogP contribution in [0.1, 0.15) is 12.0 Å². The standard InChI is InChI=1S/C11H14F3NO2/c12-11(13,14)8-2-1-3-9(6-8)17-10(7-15)4-5-16/h1-3,6,10,16H,4-5,7,15H2. The van der Waals surface area contributed by atoms with E-state index in [1.807, 2.05) is 0 Å². The number of benzene rings is 1. The summed E-state index contributed by atoms with van der Waals surface area (Å²) in [5, 5.41) is 8.71. The zero-order valence-corrected chi connectivity index (χ0v) is 9.07. The Labute approximate surface area is 97.0 Å². The molecular formula is C11H14F3NO2. The highest BCUT2D eigenvalue weighted by Gasteiger charge is 2.30. The van der Waals surface area contributed by atoms with Gasteiger partial charge in [-0.05, 0) is 18.2 Å². The molecule has 3 N–H and O–H groups in total. The maximum atomic E-state index is 12.4. The molecule has 0 aliphatic rings. The molecule has 0 saturated carbocycles. The average Bonchev–Trinajstić information content (AvgIpc) is 2.28. The van der Waals surface area contributed by atoms with Crippen LogP contribution in [0.15, 0.2) is 24.3 Å². The molecule has 1 unspecified atom stereocenters. The highest BCUT2D eigenvalue weighted by molar-refractivity contribution is 5.30. The Balaban J connectivity index is 2.78. The number of rotatable bonds is 5. The second-order valence-electron chi connectivity index (χ2n) is 3.51. The lowest BCUT2D eigenvalue weighted by Crippen LogP contribution is -2.27. The number of alkyl halides is 3. The lowest BCUT2D eigenvalue weighted by atomic mass is 10.2. The number of hydrogen-bond donors (Lipinski definition) is 2. The lowest BCUT2D eigenvalue weighted by molar-refractivity contribution is -0.137. The van der Waals surface area contributed by atoms with Crippen molar-refractivity contribution in [1.82, 2.24) is 0 Å². The van der Waals surface area contributed by atoms with E-state index in [9.17, 15) is 13.2 Å². The van der Waals surface area contributed by atoms with Crippen LogP contribution in [0.3, 0.4) is 0 Å². The van der Waals surface area contributed by atoms with Crippen LogP contribution in [-0.2, 0) is 6.18 Å². The molecule has 0 aliphatic heterocycles. The van der Waals surface area contributed by atoms with Crippen molar-refractivity contribution in [2.45, 2.75) is 18.7 Å². The molecule has 1 aromatic carbocycles. The van der Waals surface area contributed by atoms with Gasteiger partial charge in [0.25, 0.3) is 0 Å². The van der Waals surface area contributed by atoms with Crippen molar-refractivity contribution in [2.75, 3.05) is 13.2 Å². The van der Waals surface area contributed by atoms with Gasteiger partial charge in [0, 0.05) is 19.6 Å². The van der Waals surface area contributed by atoms with Crippen LogP contribution in [0.4, 0.5) is 13.2 Å². The van der Waals surface area contributed by atoms with Crippen molar-refractivity contribution >= 4 is 0 Å². The molecule has 1 rings (SSSR count). The van der Waals surface area contributed by atoms with Gasteiger partial charge >= 0.3 is 6.18 Å². The van der Waals surface area contributed by atoms with Crippen molar-refractivity contribution in [1.29, 1.82) is 0 Å². The summed E-state index contributed by atoms with van der Waals surface area (Å²) in [6.07, 6.45) is -4.59. The van der Waals surface area contributed by atoms with E-state index in [1.165, 1.54) is 12.1 Å². The van der Waals surface area contributed by atoms with Gasteiger partial charge in [-0.1, -0.05) is 6.07 Å². The third-order valence-electron chi connectivity index (χ3n) is 2.18. The molecule has 0 spiro atoms. The van der Waals surface area contributed by atoms with Crippen LogP contribution >= 0.6 is 0 Å². The maximum absolute atomic E-state index is 12.4. The first kappa shape index (κ1) is 13.8. The first-order chi connectivity index (χ1) is 7.97. The molecule has 0 saturated heterocycles. The smallest absolute Gasteiger partial charge is 0.416 e. The van der Waals surface area contributed by atoms with E-state index < -0.39 is 17.8 Å². The van der Waals surface area contributed by atoms with Crippen LogP contribution in [0.5, 0.6) is 5.75 Å². The molecule has 0 bridgehead atoms. The quantitative estimate of drug-likeness (QED) is 0.836. The van der Waals surface area contributed by atoms with E-state index >= 15 is 0 Å². The monoisotopic (exact) mass is 249 g/mol. The van der Waals surface area contributed by atoms with E-state index in [0.29, 0.717) is 0 Å². The third kappa shape index (κ3) is 4.24. The average molecular weight is 249 g/mol. The summed E-state index contributed by atoms with van der Waals surface area (Å²) >= 11 is 0. The predicted octanol–water partition coefficient (Wildman–Crippen LogP) is 1.79. The van der Waals surface area contributed by atoms with Gasteiger partial charge in [-0.2, -0.15) is 13.2 Å². The van der Waals surface area contributed by atoms with E-state index in [0.717, 1.165) is 12.1 Å². The number of hydrogen-bond acceptors (Lipinski definition) is 3. The molecule has 0 radical (unpaired) electrons. The fourth-order valence-corrected chi connectivity index (χ4v) is 1.31. The Morgan fingerprint density at radius 2 is 2.06 bits per heavy atom. The van der Waals surface area contributed by atoms with Gasteiger partial charge in [-0.3, -0.25) is 0 Å². The van der Waals surface area contributed by atoms with Crippen LogP contribution in [0.25, 0.3) is 0 Å². The summed E-state index contributed by atoms with van der Waals surface area (Å²) < 4.78 is 42.5. The van der Waals surface area contributed by atoms with Gasteiger partial charge in [0.05, 0.1) is 5.56 Å². The maximum Gasteiger partial charge on any atom is 0.416 e. The molecule has 6 heteroatoms. The van der Waals surface area contributed by atoms with Gasteiger partial charge in [-0.15, -0.1) is 0 Å². The van der Waals surface area contributed by atoms with Gasteiger partial charge in [0.1, 0.15) is 11.9 Å². The van der Waals surface area contributed by atoms with Crippen molar-refractivity contribution < 1.29 is 23.0 Å². The summed E-state index contributed by atoms with van der Waals surface area (Å²) in [5.41, 5.74) is 4.60. The van der Waals surface area contributed by atoms with Crippen LogP contribution < -0.4 is 10.5 Å². The van der Waals surface area contributed by atoms with E-state index in [1.54, 1.807) is 0 Å². The van der Waals surface area contributed by atoms with Gasteiger partial charge in [0.15, 0.2) is 0 Å². The molecule has 3 nitrogen and oxygen atoms in total. The summed E-state index contributed by atoms with van der Waals surface area (Å²) in [6.45, 7) is 0.0115. The summed E-state index contributed by atoms with van der Waals surface area (Å²) in [5.74, 6) is 0.101. The molecule has 17 heavy (non-hydrogen) atoms. The zero-order valence-electron chi connectivity index (χ0n) is 9.07. The van der Waals surface area contributed by atoms with E-state index in [4.69, 9.17) is 15.6 Å². The fourth-order valence-electron chi connectivity index (χ4n) is 1.31. The van der Waals surface area contributed by atoms with Crippen molar-refractivity contribution in [2.24, 2.45) is 5.73 Å². The highest BCUT2D eigenvalue weighted by atomic mass is 19.4. The third-order valence-corrected chi connectivity index (χ3v) is 2.18. The Morgan fingerprint density at radius 3 is 2.59 bits per heavy atom. The predicted molar refractivity (Wildman–Crippen MR) is 56.6 cm³/mol. The van der Waals surface area contributed by atoms with Crippen molar-refractivity contribution in [3.63, 3.8) is 0 Å². The Bertz CT molecular complexity index is 355. The largest absolute Gasteiger partial charge is 0.489 e. The Kier molecular flexibility index (Phi) is 4.77. The molecule has 1 aromatic rings. The Morgan fingerprint density at radius 1 is 1.35 bits per heavy atom. The van der Waals surface area contributed by atoms with Gasteiger partial charge in [-0.25, -0.2) is 0 Å². The minimum atomic E-state index is -4.39.